The number of thiocarbonyl (C=S) groups is 1. The molecule has 25 heavy (non-hydrogen) atoms. The number of carbonyl (C=O) groups excluding carboxylic acids is 2. The average molecular weight is 372 g/mol. The molecule has 1 fully saturated rings. The van der Waals surface area contributed by atoms with Crippen molar-refractivity contribution in [2.24, 2.45) is 0 Å². The number of aromatic hydroxyl groups is 1. The SMILES string of the molecule is O=C(NN1C(=O)C(=CC=Cc2ccco2)SC1=S)c1ccccc1O. The molecule has 0 radical (unpaired) electrons. The third-order valence-corrected chi connectivity index (χ3v) is 4.53. The van der Waals surface area contributed by atoms with Gasteiger partial charge in [0.25, 0.3) is 11.8 Å². The molecule has 2 amide bonds. The van der Waals surface area contributed by atoms with Crippen LogP contribution in [0.1, 0.15) is 16.1 Å². The Balaban J connectivity index is 1.71. The number of phenolic OH excluding ortho intramolecular Hbond substituents is 1. The first kappa shape index (κ1) is 17.0. The summed E-state index contributed by atoms with van der Waals surface area (Å²) in [4.78, 5) is 24.9. The summed E-state index contributed by atoms with van der Waals surface area (Å²) in [6, 6.07) is 9.58. The minimum atomic E-state index is -0.623. The second-order valence-electron chi connectivity index (χ2n) is 4.87. The molecule has 6 nitrogen and oxygen atoms in total. The van der Waals surface area contributed by atoms with E-state index in [1.807, 2.05) is 0 Å². The second kappa shape index (κ2) is 7.37. The smallest absolute Gasteiger partial charge is 0.285 e. The molecule has 0 unspecified atom stereocenters. The lowest BCUT2D eigenvalue weighted by Crippen LogP contribution is -2.44. The number of hydrogen-bond donors (Lipinski definition) is 2. The van der Waals surface area contributed by atoms with E-state index >= 15 is 0 Å². The van der Waals surface area contributed by atoms with E-state index < -0.39 is 11.8 Å². The molecule has 1 aromatic carbocycles. The maximum absolute atomic E-state index is 12.4. The normalized spacial score (nSPS) is 16.2. The van der Waals surface area contributed by atoms with Crippen molar-refractivity contribution in [2.75, 3.05) is 0 Å². The summed E-state index contributed by atoms with van der Waals surface area (Å²) < 4.78 is 5.36. The number of carbonyl (C=O) groups is 2. The Kier molecular flexibility index (Phi) is 5.01. The van der Waals surface area contributed by atoms with Gasteiger partial charge in [-0.15, -0.1) is 0 Å². The summed E-state index contributed by atoms with van der Waals surface area (Å²) >= 11 is 6.20. The van der Waals surface area contributed by atoms with E-state index in [9.17, 15) is 14.7 Å². The van der Waals surface area contributed by atoms with Crippen LogP contribution in [0, 0.1) is 0 Å². The number of para-hydroxylation sites is 1. The Morgan fingerprint density at radius 1 is 1.28 bits per heavy atom. The van der Waals surface area contributed by atoms with Crippen molar-refractivity contribution in [1.82, 2.24) is 10.4 Å². The van der Waals surface area contributed by atoms with Crippen molar-refractivity contribution < 1.29 is 19.1 Å². The van der Waals surface area contributed by atoms with Crippen LogP contribution >= 0.6 is 24.0 Å². The predicted molar refractivity (Wildman–Crippen MR) is 98.4 cm³/mol. The van der Waals surface area contributed by atoms with Gasteiger partial charge < -0.3 is 9.52 Å². The number of allylic oxidation sites excluding steroid dienone is 2. The lowest BCUT2D eigenvalue weighted by molar-refractivity contribution is -0.123. The van der Waals surface area contributed by atoms with Gasteiger partial charge in [-0.1, -0.05) is 30.0 Å². The Morgan fingerprint density at radius 2 is 2.08 bits per heavy atom. The number of thioether (sulfide) groups is 1. The molecule has 1 saturated heterocycles. The molecule has 126 valence electrons. The third kappa shape index (κ3) is 3.81. The zero-order valence-electron chi connectivity index (χ0n) is 12.7. The van der Waals surface area contributed by atoms with E-state index in [2.05, 4.69) is 5.43 Å². The van der Waals surface area contributed by atoms with Crippen LogP contribution in [0.5, 0.6) is 5.75 Å². The van der Waals surface area contributed by atoms with E-state index in [1.54, 1.807) is 48.8 Å². The predicted octanol–water partition coefficient (Wildman–Crippen LogP) is 3.09. The first-order valence-electron chi connectivity index (χ1n) is 7.13. The molecule has 1 aliphatic rings. The summed E-state index contributed by atoms with van der Waals surface area (Å²) in [5, 5.41) is 10.7. The highest BCUT2D eigenvalue weighted by atomic mass is 32.2. The number of phenols is 1. The monoisotopic (exact) mass is 372 g/mol. The molecule has 0 spiro atoms. The molecular formula is C17H12N2O4S2. The highest BCUT2D eigenvalue weighted by molar-refractivity contribution is 8.26. The molecule has 3 rings (SSSR count). The Labute approximate surface area is 152 Å². The zero-order chi connectivity index (χ0) is 17.8. The number of amides is 2. The fourth-order valence-electron chi connectivity index (χ4n) is 2.02. The van der Waals surface area contributed by atoms with Crippen molar-refractivity contribution >= 4 is 46.2 Å². The van der Waals surface area contributed by atoms with E-state index in [0.29, 0.717) is 10.7 Å². The lowest BCUT2D eigenvalue weighted by Gasteiger charge is -2.15. The van der Waals surface area contributed by atoms with E-state index in [1.165, 1.54) is 12.1 Å². The van der Waals surface area contributed by atoms with Crippen LogP contribution in [0.15, 0.2) is 64.1 Å². The Bertz CT molecular complexity index is 888. The minimum Gasteiger partial charge on any atom is -0.507 e. The van der Waals surface area contributed by atoms with Gasteiger partial charge in [-0.25, -0.2) is 0 Å². The largest absolute Gasteiger partial charge is 0.507 e. The quantitative estimate of drug-likeness (QED) is 0.634. The van der Waals surface area contributed by atoms with Gasteiger partial charge in [-0.3, -0.25) is 15.0 Å². The molecule has 2 N–H and O–H groups in total. The minimum absolute atomic E-state index is 0.0539. The van der Waals surface area contributed by atoms with Gasteiger partial charge in [0, 0.05) is 0 Å². The van der Waals surface area contributed by atoms with Crippen molar-refractivity contribution in [3.8, 4) is 5.75 Å². The zero-order valence-corrected chi connectivity index (χ0v) is 14.3. The molecule has 0 aliphatic carbocycles. The molecule has 2 aromatic rings. The van der Waals surface area contributed by atoms with Crippen LogP contribution < -0.4 is 5.43 Å². The number of nitrogens with zero attached hydrogens (tertiary/aromatic N) is 1. The van der Waals surface area contributed by atoms with Crippen LogP contribution in [0.4, 0.5) is 0 Å². The maximum atomic E-state index is 12.4. The molecule has 1 aromatic heterocycles. The number of nitrogens with one attached hydrogen (secondary N) is 1. The number of hydrazine groups is 1. The van der Waals surface area contributed by atoms with Crippen LogP contribution in [0.3, 0.4) is 0 Å². The second-order valence-corrected chi connectivity index (χ2v) is 6.55. The molecule has 0 saturated carbocycles. The fourth-order valence-corrected chi connectivity index (χ4v) is 3.15. The van der Waals surface area contributed by atoms with E-state index in [0.717, 1.165) is 16.8 Å². The van der Waals surface area contributed by atoms with Gasteiger partial charge >= 0.3 is 0 Å². The molecule has 1 aliphatic heterocycles. The summed E-state index contributed by atoms with van der Waals surface area (Å²) in [5.74, 6) is -0.591. The van der Waals surface area contributed by atoms with Crippen LogP contribution in [0.25, 0.3) is 6.08 Å². The van der Waals surface area contributed by atoms with Crippen LogP contribution in [0.2, 0.25) is 0 Å². The van der Waals surface area contributed by atoms with Gasteiger partial charge in [-0.2, -0.15) is 5.01 Å². The molecule has 8 heteroatoms. The standard InChI is InChI=1S/C17H12N2O4S2/c20-13-8-2-1-7-12(13)15(21)18-19-16(22)14(25-17(19)24)9-3-5-11-6-4-10-23-11/h1-10,20H,(H,18,21). The van der Waals surface area contributed by atoms with Gasteiger partial charge in [0.05, 0.1) is 16.7 Å². The van der Waals surface area contributed by atoms with Gasteiger partial charge in [0.2, 0.25) is 0 Å². The maximum Gasteiger partial charge on any atom is 0.285 e. The van der Waals surface area contributed by atoms with E-state index in [-0.39, 0.29) is 15.6 Å². The summed E-state index contributed by atoms with van der Waals surface area (Å²) in [6.07, 6.45) is 6.50. The average Bonchev–Trinajstić information content (AvgIpc) is 3.19. The van der Waals surface area contributed by atoms with Gasteiger partial charge in [0.1, 0.15) is 11.5 Å². The number of rotatable bonds is 4. The van der Waals surface area contributed by atoms with Crippen LogP contribution in [-0.4, -0.2) is 26.3 Å². The number of benzene rings is 1. The fraction of sp³-hybridized carbons (Fsp3) is 0. The van der Waals surface area contributed by atoms with Crippen molar-refractivity contribution in [2.45, 2.75) is 0 Å². The van der Waals surface area contributed by atoms with Crippen molar-refractivity contribution in [1.29, 1.82) is 0 Å². The van der Waals surface area contributed by atoms with Crippen LogP contribution in [-0.2, 0) is 4.79 Å². The lowest BCUT2D eigenvalue weighted by atomic mass is 10.2. The Morgan fingerprint density at radius 3 is 2.80 bits per heavy atom. The first-order chi connectivity index (χ1) is 12.1. The summed E-state index contributed by atoms with van der Waals surface area (Å²) in [6.45, 7) is 0. The number of furan rings is 1. The molecule has 0 atom stereocenters. The summed E-state index contributed by atoms with van der Waals surface area (Å²) in [5.41, 5.74) is 2.46. The summed E-state index contributed by atoms with van der Waals surface area (Å²) in [7, 11) is 0. The highest BCUT2D eigenvalue weighted by Gasteiger charge is 2.33. The number of hydrogen-bond acceptors (Lipinski definition) is 6. The van der Waals surface area contributed by atoms with E-state index in [4.69, 9.17) is 16.6 Å². The molecule has 2 heterocycles. The molecular weight excluding hydrogens is 360 g/mol. The first-order valence-corrected chi connectivity index (χ1v) is 8.36. The third-order valence-electron chi connectivity index (χ3n) is 3.21. The van der Waals surface area contributed by atoms with Gasteiger partial charge in [-0.05, 0) is 48.6 Å². The highest BCUT2D eigenvalue weighted by Crippen LogP contribution is 2.30. The molecule has 0 bridgehead atoms. The van der Waals surface area contributed by atoms with Gasteiger partial charge in [0.15, 0.2) is 4.32 Å². The van der Waals surface area contributed by atoms with Crippen molar-refractivity contribution in [3.05, 3.63) is 71.0 Å². The topological polar surface area (TPSA) is 82.8 Å². The van der Waals surface area contributed by atoms with Crippen molar-refractivity contribution in [3.63, 3.8) is 0 Å². The Hall–Kier alpha value is -2.84.